The second kappa shape index (κ2) is 8.37. The quantitative estimate of drug-likeness (QED) is 0.216. The largest absolute Gasteiger partial charge is 0.457 e. The predicted molar refractivity (Wildman–Crippen MR) is 164 cm³/mol. The molecule has 6 nitrogen and oxygen atoms in total. The summed E-state index contributed by atoms with van der Waals surface area (Å²) < 4.78 is 10.7. The van der Waals surface area contributed by atoms with Crippen LogP contribution in [0.25, 0.3) is 65.8 Å². The molecule has 0 aliphatic rings. The fraction of sp³-hybridized carbons (Fsp3) is 0. The molecule has 9 rings (SSSR count). The molecule has 5 aromatic heterocycles. The van der Waals surface area contributed by atoms with Gasteiger partial charge in [0.25, 0.3) is 0 Å². The third-order valence-electron chi connectivity index (χ3n) is 7.98. The number of rotatable bonds is 3. The van der Waals surface area contributed by atoms with Gasteiger partial charge in [-0.2, -0.15) is 0 Å². The maximum atomic E-state index is 6.46. The summed E-state index contributed by atoms with van der Waals surface area (Å²) in [5.74, 6) is 1.50. The average molecular weight is 528 g/mol. The molecule has 41 heavy (non-hydrogen) atoms. The van der Waals surface area contributed by atoms with E-state index in [1.807, 2.05) is 61.4 Å². The number of hydrogen-bond acceptors (Lipinski definition) is 4. The Labute approximate surface area is 233 Å². The smallest absolute Gasteiger partial charge is 0.145 e. The van der Waals surface area contributed by atoms with Gasteiger partial charge in [-0.15, -0.1) is 0 Å². The predicted octanol–water partition coefficient (Wildman–Crippen LogP) is 8.45. The summed E-state index contributed by atoms with van der Waals surface area (Å²) in [4.78, 5) is 13.7. The van der Waals surface area contributed by atoms with Gasteiger partial charge in [0.05, 0.1) is 11.0 Å². The highest BCUT2D eigenvalue weighted by atomic mass is 16.5. The van der Waals surface area contributed by atoms with Gasteiger partial charge in [0.15, 0.2) is 0 Å². The van der Waals surface area contributed by atoms with E-state index in [9.17, 15) is 0 Å². The van der Waals surface area contributed by atoms with Gasteiger partial charge in [-0.3, -0.25) is 13.8 Å². The number of benzene rings is 4. The lowest BCUT2D eigenvalue weighted by Crippen LogP contribution is -1.93. The molecule has 0 saturated carbocycles. The zero-order chi connectivity index (χ0) is 26.9. The van der Waals surface area contributed by atoms with Crippen molar-refractivity contribution >= 4 is 54.6 Å². The summed E-state index contributed by atoms with van der Waals surface area (Å²) >= 11 is 0. The van der Waals surface area contributed by atoms with Gasteiger partial charge < -0.3 is 4.74 Å². The van der Waals surface area contributed by atoms with E-state index in [-0.39, 0.29) is 0 Å². The van der Waals surface area contributed by atoms with Gasteiger partial charge in [-0.25, -0.2) is 9.97 Å². The van der Waals surface area contributed by atoms with Crippen LogP contribution in [0.1, 0.15) is 0 Å². The Morgan fingerprint density at radius 2 is 1.15 bits per heavy atom. The van der Waals surface area contributed by atoms with Crippen molar-refractivity contribution in [2.24, 2.45) is 0 Å². The molecule has 0 fully saturated rings. The van der Waals surface area contributed by atoms with Crippen LogP contribution >= 0.6 is 0 Å². The van der Waals surface area contributed by atoms with Crippen molar-refractivity contribution in [2.75, 3.05) is 0 Å². The minimum absolute atomic E-state index is 0.748. The summed E-state index contributed by atoms with van der Waals surface area (Å²) in [7, 11) is 0. The SMILES string of the molecule is c1ccc(-c2ccc3c4ccc(Oc5ccc6c7cnccc7n7ccnc7c6c5)cc4c4nccn4c3c2)cc1. The van der Waals surface area contributed by atoms with Gasteiger partial charge in [0.2, 0.25) is 0 Å². The summed E-state index contributed by atoms with van der Waals surface area (Å²) in [5.41, 5.74) is 6.37. The van der Waals surface area contributed by atoms with Gasteiger partial charge >= 0.3 is 0 Å². The molecule has 6 heteroatoms. The molecular weight excluding hydrogens is 506 g/mol. The van der Waals surface area contributed by atoms with Gasteiger partial charge in [0.1, 0.15) is 22.8 Å². The van der Waals surface area contributed by atoms with Gasteiger partial charge in [-0.1, -0.05) is 42.5 Å². The van der Waals surface area contributed by atoms with Crippen LogP contribution in [0.4, 0.5) is 0 Å². The molecule has 0 spiro atoms. The number of nitrogens with zero attached hydrogens (tertiary/aromatic N) is 5. The van der Waals surface area contributed by atoms with Crippen LogP contribution in [0.5, 0.6) is 11.5 Å². The highest BCUT2D eigenvalue weighted by Gasteiger charge is 2.14. The number of aromatic nitrogens is 5. The Balaban J connectivity index is 1.18. The standard InChI is InChI=1S/C35H21N5O/c1-2-4-22(5-3-1)23-6-9-28-26-10-7-24(19-29(26)35-38-15-17-40(35)33(28)18-23)41-25-8-11-27-30(20-25)34-37-14-16-39(34)32-12-13-36-21-31(27)32/h1-21H. The highest BCUT2D eigenvalue weighted by Crippen LogP contribution is 2.36. The minimum atomic E-state index is 0.748. The molecule has 0 N–H and O–H groups in total. The molecule has 0 atom stereocenters. The van der Waals surface area contributed by atoms with Crippen LogP contribution in [0.15, 0.2) is 128 Å². The fourth-order valence-electron chi connectivity index (χ4n) is 6.12. The molecule has 9 aromatic rings. The van der Waals surface area contributed by atoms with E-state index < -0.39 is 0 Å². The van der Waals surface area contributed by atoms with Gasteiger partial charge in [-0.05, 0) is 70.4 Å². The lowest BCUT2D eigenvalue weighted by Gasteiger charge is -2.13. The zero-order valence-corrected chi connectivity index (χ0v) is 21.8. The van der Waals surface area contributed by atoms with Crippen LogP contribution < -0.4 is 4.74 Å². The maximum Gasteiger partial charge on any atom is 0.145 e. The van der Waals surface area contributed by atoms with Crippen molar-refractivity contribution in [1.82, 2.24) is 23.8 Å². The Kier molecular flexibility index (Phi) is 4.51. The lowest BCUT2D eigenvalue weighted by molar-refractivity contribution is 0.484. The van der Waals surface area contributed by atoms with E-state index in [0.717, 1.165) is 60.8 Å². The minimum Gasteiger partial charge on any atom is -0.457 e. The van der Waals surface area contributed by atoms with Crippen LogP contribution in [0, 0.1) is 0 Å². The van der Waals surface area contributed by atoms with E-state index in [2.05, 4.69) is 85.5 Å². The first-order chi connectivity index (χ1) is 20.3. The van der Waals surface area contributed by atoms with Crippen molar-refractivity contribution in [1.29, 1.82) is 0 Å². The molecular formula is C35H21N5O. The van der Waals surface area contributed by atoms with E-state index in [0.29, 0.717) is 0 Å². The number of pyridine rings is 3. The summed E-state index contributed by atoms with van der Waals surface area (Å²) in [5, 5.41) is 6.55. The van der Waals surface area contributed by atoms with Crippen LogP contribution in [0.2, 0.25) is 0 Å². The number of imidazole rings is 2. The van der Waals surface area contributed by atoms with Crippen LogP contribution in [0.3, 0.4) is 0 Å². The first-order valence-electron chi connectivity index (χ1n) is 13.5. The lowest BCUT2D eigenvalue weighted by atomic mass is 10.0. The van der Waals surface area contributed by atoms with Crippen LogP contribution in [-0.2, 0) is 0 Å². The van der Waals surface area contributed by atoms with E-state index in [1.54, 1.807) is 0 Å². The van der Waals surface area contributed by atoms with Crippen molar-refractivity contribution in [3.8, 4) is 22.6 Å². The number of fused-ring (bicyclic) bond motifs is 12. The van der Waals surface area contributed by atoms with Crippen LogP contribution in [-0.4, -0.2) is 23.8 Å². The molecule has 4 aromatic carbocycles. The topological polar surface area (TPSA) is 56.7 Å². The molecule has 0 amide bonds. The monoisotopic (exact) mass is 527 g/mol. The molecule has 192 valence electrons. The third-order valence-corrected chi connectivity index (χ3v) is 7.98. The second-order valence-corrected chi connectivity index (χ2v) is 10.2. The molecule has 0 bridgehead atoms. The molecule has 5 heterocycles. The third kappa shape index (κ3) is 3.28. The Hall–Kier alpha value is -5.75. The summed E-state index contributed by atoms with van der Waals surface area (Å²) in [6, 6.07) is 31.5. The van der Waals surface area contributed by atoms with Gasteiger partial charge in [0, 0.05) is 58.7 Å². The Morgan fingerprint density at radius 1 is 0.488 bits per heavy atom. The second-order valence-electron chi connectivity index (χ2n) is 10.2. The molecule has 0 aliphatic carbocycles. The molecule has 0 saturated heterocycles. The zero-order valence-electron chi connectivity index (χ0n) is 21.8. The molecule has 0 unspecified atom stereocenters. The first kappa shape index (κ1) is 22.1. The Morgan fingerprint density at radius 3 is 1.88 bits per heavy atom. The maximum absolute atomic E-state index is 6.46. The van der Waals surface area contributed by atoms with Crippen molar-refractivity contribution in [3.05, 3.63) is 128 Å². The summed E-state index contributed by atoms with van der Waals surface area (Å²) in [6.45, 7) is 0. The fourth-order valence-corrected chi connectivity index (χ4v) is 6.12. The Bertz CT molecular complexity index is 2460. The van der Waals surface area contributed by atoms with Crippen molar-refractivity contribution in [3.63, 3.8) is 0 Å². The number of ether oxygens (including phenoxy) is 1. The summed E-state index contributed by atoms with van der Waals surface area (Å²) in [6.07, 6.45) is 11.4. The number of hydrogen-bond donors (Lipinski definition) is 0. The van der Waals surface area contributed by atoms with Crippen molar-refractivity contribution in [2.45, 2.75) is 0 Å². The molecule has 0 radical (unpaired) electrons. The normalized spacial score (nSPS) is 11.9. The van der Waals surface area contributed by atoms with Crippen molar-refractivity contribution < 1.29 is 4.74 Å². The highest BCUT2D eigenvalue weighted by molar-refractivity contribution is 6.13. The van der Waals surface area contributed by atoms with E-state index >= 15 is 0 Å². The van der Waals surface area contributed by atoms with E-state index in [1.165, 1.54) is 16.5 Å². The first-order valence-corrected chi connectivity index (χ1v) is 13.5. The molecule has 0 aliphatic heterocycles. The van der Waals surface area contributed by atoms with E-state index in [4.69, 9.17) is 9.72 Å². The average Bonchev–Trinajstić information content (AvgIpc) is 3.73.